The third kappa shape index (κ3) is 3.48. The van der Waals surface area contributed by atoms with E-state index in [0.717, 1.165) is 37.6 Å². The van der Waals surface area contributed by atoms with Crippen LogP contribution in [0.3, 0.4) is 0 Å². The lowest BCUT2D eigenvalue weighted by Crippen LogP contribution is -2.35. The van der Waals surface area contributed by atoms with Gasteiger partial charge in [-0.25, -0.2) is 4.39 Å². The van der Waals surface area contributed by atoms with Gasteiger partial charge in [0.05, 0.1) is 5.02 Å². The summed E-state index contributed by atoms with van der Waals surface area (Å²) in [5.41, 5.74) is 0.382. The van der Waals surface area contributed by atoms with Crippen LogP contribution in [0.15, 0.2) is 18.2 Å². The van der Waals surface area contributed by atoms with Gasteiger partial charge >= 0.3 is 0 Å². The average Bonchev–Trinajstić information content (AvgIpc) is 2.87. The Balaban J connectivity index is 2.11. The van der Waals surface area contributed by atoms with Crippen molar-refractivity contribution >= 4 is 33.4 Å². The van der Waals surface area contributed by atoms with Gasteiger partial charge < -0.3 is 4.90 Å². The Morgan fingerprint density at radius 3 is 3.00 bits per heavy atom. The minimum Gasteiger partial charge on any atom is -0.336 e. The van der Waals surface area contributed by atoms with E-state index in [1.807, 2.05) is 4.90 Å². The molecule has 1 fully saturated rings. The molecule has 1 aliphatic heterocycles. The van der Waals surface area contributed by atoms with Crippen molar-refractivity contribution in [2.45, 2.75) is 31.7 Å². The number of amides is 1. The van der Waals surface area contributed by atoms with E-state index in [-0.39, 0.29) is 17.0 Å². The molecule has 1 aromatic carbocycles. The Bertz CT molecular complexity index is 469. The fraction of sp³-hybridized carbons (Fsp3) is 0.500. The molecule has 1 heterocycles. The highest BCUT2D eigenvalue weighted by Crippen LogP contribution is 2.25. The fourth-order valence-corrected chi connectivity index (χ4v) is 2.95. The second-order valence-electron chi connectivity index (χ2n) is 4.75. The zero-order chi connectivity index (χ0) is 13.8. The SMILES string of the molecule is O=C(c1ccc(Cl)c(F)c1)N1CCCC1CCCBr. The van der Waals surface area contributed by atoms with E-state index in [0.29, 0.717) is 5.56 Å². The maximum atomic E-state index is 13.4. The molecular weight excluding hydrogens is 333 g/mol. The molecule has 1 atom stereocenters. The number of alkyl halides is 1. The monoisotopic (exact) mass is 347 g/mol. The summed E-state index contributed by atoms with van der Waals surface area (Å²) in [6.07, 6.45) is 4.10. The molecule has 0 spiro atoms. The maximum absolute atomic E-state index is 13.4. The topological polar surface area (TPSA) is 20.3 Å². The van der Waals surface area contributed by atoms with Crippen LogP contribution in [-0.2, 0) is 0 Å². The number of carbonyl (C=O) groups is 1. The number of rotatable bonds is 4. The predicted molar refractivity (Wildman–Crippen MR) is 78.5 cm³/mol. The van der Waals surface area contributed by atoms with Crippen molar-refractivity contribution in [1.82, 2.24) is 4.90 Å². The molecule has 19 heavy (non-hydrogen) atoms. The van der Waals surface area contributed by atoms with Crippen molar-refractivity contribution in [3.8, 4) is 0 Å². The van der Waals surface area contributed by atoms with Crippen LogP contribution in [0, 0.1) is 5.82 Å². The average molecular weight is 349 g/mol. The molecule has 0 saturated carbocycles. The van der Waals surface area contributed by atoms with Crippen LogP contribution in [0.1, 0.15) is 36.0 Å². The number of carbonyl (C=O) groups excluding carboxylic acids is 1. The molecule has 0 aliphatic carbocycles. The molecule has 0 radical (unpaired) electrons. The van der Waals surface area contributed by atoms with Crippen molar-refractivity contribution in [2.75, 3.05) is 11.9 Å². The molecule has 0 N–H and O–H groups in total. The van der Waals surface area contributed by atoms with Crippen molar-refractivity contribution in [3.05, 3.63) is 34.6 Å². The zero-order valence-corrected chi connectivity index (χ0v) is 12.9. The Kier molecular flexibility index (Phi) is 5.22. The van der Waals surface area contributed by atoms with E-state index >= 15 is 0 Å². The molecule has 1 unspecified atom stereocenters. The highest BCUT2D eigenvalue weighted by Gasteiger charge is 2.29. The molecule has 1 aliphatic rings. The molecule has 1 amide bonds. The third-order valence-corrected chi connectivity index (χ3v) is 4.34. The first kappa shape index (κ1) is 14.8. The van der Waals surface area contributed by atoms with E-state index in [1.54, 1.807) is 6.07 Å². The highest BCUT2D eigenvalue weighted by molar-refractivity contribution is 9.09. The molecule has 1 saturated heterocycles. The van der Waals surface area contributed by atoms with Crippen LogP contribution < -0.4 is 0 Å². The lowest BCUT2D eigenvalue weighted by molar-refractivity contribution is 0.0730. The van der Waals surface area contributed by atoms with Gasteiger partial charge in [-0.1, -0.05) is 27.5 Å². The second kappa shape index (κ2) is 6.71. The second-order valence-corrected chi connectivity index (χ2v) is 5.95. The first-order valence-electron chi connectivity index (χ1n) is 6.45. The van der Waals surface area contributed by atoms with Crippen molar-refractivity contribution in [1.29, 1.82) is 0 Å². The number of hydrogen-bond donors (Lipinski definition) is 0. The Morgan fingerprint density at radius 1 is 1.53 bits per heavy atom. The lowest BCUT2D eigenvalue weighted by Gasteiger charge is -2.24. The number of likely N-dealkylation sites (tertiary alicyclic amines) is 1. The Hall–Kier alpha value is -0.610. The summed E-state index contributed by atoms with van der Waals surface area (Å²) in [5, 5.41) is 0.995. The van der Waals surface area contributed by atoms with Crippen LogP contribution in [0.2, 0.25) is 5.02 Å². The molecule has 2 nitrogen and oxygen atoms in total. The first-order valence-corrected chi connectivity index (χ1v) is 7.95. The summed E-state index contributed by atoms with van der Waals surface area (Å²) in [4.78, 5) is 14.3. The van der Waals surface area contributed by atoms with E-state index in [9.17, 15) is 9.18 Å². The van der Waals surface area contributed by atoms with Gasteiger partial charge in [-0.3, -0.25) is 4.79 Å². The van der Waals surface area contributed by atoms with Gasteiger partial charge in [0.25, 0.3) is 5.91 Å². The number of benzene rings is 1. The van der Waals surface area contributed by atoms with Crippen molar-refractivity contribution < 1.29 is 9.18 Å². The zero-order valence-electron chi connectivity index (χ0n) is 10.5. The minimum absolute atomic E-state index is 0.0498. The molecular formula is C14H16BrClFNO. The number of hydrogen-bond acceptors (Lipinski definition) is 1. The summed E-state index contributed by atoms with van der Waals surface area (Å²) in [6.45, 7) is 0.760. The van der Waals surface area contributed by atoms with Crippen molar-refractivity contribution in [3.63, 3.8) is 0 Å². The maximum Gasteiger partial charge on any atom is 0.254 e. The van der Waals surface area contributed by atoms with Crippen LogP contribution >= 0.6 is 27.5 Å². The first-order chi connectivity index (χ1) is 9.13. The van der Waals surface area contributed by atoms with Gasteiger partial charge in [0, 0.05) is 23.5 Å². The van der Waals surface area contributed by atoms with Crippen LogP contribution in [0.4, 0.5) is 4.39 Å². The smallest absolute Gasteiger partial charge is 0.254 e. The van der Waals surface area contributed by atoms with Crippen molar-refractivity contribution in [2.24, 2.45) is 0 Å². The van der Waals surface area contributed by atoms with E-state index < -0.39 is 5.82 Å². The minimum atomic E-state index is -0.538. The number of halogens is 3. The van der Waals surface area contributed by atoms with Gasteiger partial charge in [0.1, 0.15) is 5.82 Å². The van der Waals surface area contributed by atoms with Crippen LogP contribution in [0.25, 0.3) is 0 Å². The van der Waals surface area contributed by atoms with E-state index in [4.69, 9.17) is 11.6 Å². The summed E-state index contributed by atoms with van der Waals surface area (Å²) in [5.74, 6) is -0.628. The molecule has 104 valence electrons. The van der Waals surface area contributed by atoms with Gasteiger partial charge in [0.2, 0.25) is 0 Å². The van der Waals surface area contributed by atoms with Gasteiger partial charge in [-0.15, -0.1) is 0 Å². The molecule has 5 heteroatoms. The fourth-order valence-electron chi connectivity index (χ4n) is 2.51. The van der Waals surface area contributed by atoms with Gasteiger partial charge in [-0.05, 0) is 43.9 Å². The number of nitrogens with zero attached hydrogens (tertiary/aromatic N) is 1. The van der Waals surface area contributed by atoms with Crippen LogP contribution in [-0.4, -0.2) is 28.7 Å². The summed E-state index contributed by atoms with van der Waals surface area (Å²) in [6, 6.07) is 4.54. The van der Waals surface area contributed by atoms with E-state index in [1.165, 1.54) is 12.1 Å². The van der Waals surface area contributed by atoms with Gasteiger partial charge in [-0.2, -0.15) is 0 Å². The molecule has 2 rings (SSSR count). The molecule has 0 bridgehead atoms. The Morgan fingerprint density at radius 2 is 2.32 bits per heavy atom. The quantitative estimate of drug-likeness (QED) is 0.745. The summed E-state index contributed by atoms with van der Waals surface area (Å²) >= 11 is 9.05. The predicted octanol–water partition coefficient (Wildman–Crippen LogP) is 4.26. The summed E-state index contributed by atoms with van der Waals surface area (Å²) in [7, 11) is 0. The van der Waals surface area contributed by atoms with Gasteiger partial charge in [0.15, 0.2) is 0 Å². The lowest BCUT2D eigenvalue weighted by atomic mass is 10.1. The third-order valence-electron chi connectivity index (χ3n) is 3.48. The molecule has 0 aromatic heterocycles. The largest absolute Gasteiger partial charge is 0.336 e. The molecule has 1 aromatic rings. The summed E-state index contributed by atoms with van der Waals surface area (Å²) < 4.78 is 13.4. The van der Waals surface area contributed by atoms with Crippen LogP contribution in [0.5, 0.6) is 0 Å². The van der Waals surface area contributed by atoms with E-state index in [2.05, 4.69) is 15.9 Å². The Labute approximate surface area is 126 Å². The normalized spacial score (nSPS) is 18.9. The highest BCUT2D eigenvalue weighted by atomic mass is 79.9. The standard InChI is InChI=1S/C14H16BrClFNO/c15-7-1-3-11-4-2-8-18(11)14(19)10-5-6-12(16)13(17)9-10/h5-6,9,11H,1-4,7-8H2.